The lowest BCUT2D eigenvalue weighted by Crippen LogP contribution is -2.32. The largest absolute Gasteiger partial charge is 0.507 e. The van der Waals surface area contributed by atoms with Crippen LogP contribution in [0.2, 0.25) is 0 Å². The van der Waals surface area contributed by atoms with Crippen LogP contribution in [0.4, 0.5) is 4.39 Å². The summed E-state index contributed by atoms with van der Waals surface area (Å²) in [7, 11) is 1.34. The zero-order valence-electron chi connectivity index (χ0n) is 9.36. The molecule has 1 aliphatic carbocycles. The number of halogens is 1. The van der Waals surface area contributed by atoms with Crippen molar-refractivity contribution in [3.63, 3.8) is 0 Å². The lowest BCUT2D eigenvalue weighted by atomic mass is 9.72. The highest BCUT2D eigenvalue weighted by Crippen LogP contribution is 2.49. The van der Waals surface area contributed by atoms with Crippen molar-refractivity contribution in [1.29, 1.82) is 0 Å². The van der Waals surface area contributed by atoms with E-state index >= 15 is 0 Å². The monoisotopic (exact) mass is 237 g/mol. The summed E-state index contributed by atoms with van der Waals surface area (Å²) in [4.78, 5) is 14.2. The van der Waals surface area contributed by atoms with E-state index in [-0.39, 0.29) is 11.5 Å². The second kappa shape index (κ2) is 4.18. The molecule has 1 aliphatic rings. The van der Waals surface area contributed by atoms with Gasteiger partial charge < -0.3 is 9.84 Å². The van der Waals surface area contributed by atoms with E-state index in [2.05, 4.69) is 4.99 Å². The first kappa shape index (κ1) is 11.6. The van der Waals surface area contributed by atoms with Gasteiger partial charge in [0.05, 0.1) is 7.11 Å². The highest BCUT2D eigenvalue weighted by molar-refractivity contribution is 5.48. The summed E-state index contributed by atoms with van der Waals surface area (Å²) in [6.45, 7) is 0. The summed E-state index contributed by atoms with van der Waals surface area (Å²) >= 11 is 0. The van der Waals surface area contributed by atoms with Gasteiger partial charge in [-0.05, 0) is 25.3 Å². The summed E-state index contributed by atoms with van der Waals surface area (Å²) in [5.41, 5.74) is -0.336. The molecular weight excluding hydrogens is 225 g/mol. The summed E-state index contributed by atoms with van der Waals surface area (Å²) in [5.74, 6) is -0.814. The second-order valence-corrected chi connectivity index (χ2v) is 4.09. The standard InChI is InChI=1S/C12H12FNO3/c1-17-11-5-8(10(16)6-9(11)13)12(14-7-15)3-2-4-12/h5-6,16H,2-4H2,1H3. The first-order valence-electron chi connectivity index (χ1n) is 5.29. The van der Waals surface area contributed by atoms with Crippen LogP contribution in [-0.2, 0) is 10.3 Å². The number of carbonyl (C=O) groups excluding carboxylic acids is 1. The number of phenols is 1. The first-order valence-corrected chi connectivity index (χ1v) is 5.29. The number of nitrogens with zero attached hydrogens (tertiary/aromatic N) is 1. The molecule has 90 valence electrons. The van der Waals surface area contributed by atoms with Gasteiger partial charge >= 0.3 is 0 Å². The number of methoxy groups -OCH3 is 1. The molecule has 1 aromatic rings. The quantitative estimate of drug-likeness (QED) is 0.648. The number of ether oxygens (including phenoxy) is 1. The van der Waals surface area contributed by atoms with Gasteiger partial charge in [0.25, 0.3) is 0 Å². The van der Waals surface area contributed by atoms with Gasteiger partial charge in [0.2, 0.25) is 6.08 Å². The maximum atomic E-state index is 13.3. The fraction of sp³-hybridized carbons (Fsp3) is 0.417. The molecule has 1 fully saturated rings. The van der Waals surface area contributed by atoms with Crippen molar-refractivity contribution >= 4 is 6.08 Å². The number of aliphatic imine (C=N–C) groups is 1. The molecule has 5 heteroatoms. The Morgan fingerprint density at radius 1 is 1.53 bits per heavy atom. The van der Waals surface area contributed by atoms with Gasteiger partial charge in [-0.2, -0.15) is 4.99 Å². The Bertz CT molecular complexity index is 491. The SMILES string of the molecule is COc1cc(C2(N=C=O)CCC2)c(O)cc1F. The van der Waals surface area contributed by atoms with Gasteiger partial charge in [-0.25, -0.2) is 9.18 Å². The molecule has 0 heterocycles. The molecule has 0 bridgehead atoms. The molecule has 0 spiro atoms. The molecule has 0 aliphatic heterocycles. The minimum atomic E-state index is -0.757. The number of benzene rings is 1. The molecule has 1 N–H and O–H groups in total. The third-order valence-corrected chi connectivity index (χ3v) is 3.21. The predicted octanol–water partition coefficient (Wildman–Crippen LogP) is 2.25. The molecule has 4 nitrogen and oxygen atoms in total. The smallest absolute Gasteiger partial charge is 0.235 e. The van der Waals surface area contributed by atoms with E-state index in [0.29, 0.717) is 18.4 Å². The average molecular weight is 237 g/mol. The molecule has 2 rings (SSSR count). The predicted molar refractivity (Wildman–Crippen MR) is 58.3 cm³/mol. The van der Waals surface area contributed by atoms with E-state index in [1.165, 1.54) is 19.3 Å². The summed E-state index contributed by atoms with van der Waals surface area (Å²) in [6.07, 6.45) is 3.71. The van der Waals surface area contributed by atoms with Crippen molar-refractivity contribution in [1.82, 2.24) is 0 Å². The molecule has 0 saturated heterocycles. The number of isocyanates is 1. The number of rotatable bonds is 3. The van der Waals surface area contributed by atoms with Gasteiger partial charge in [0, 0.05) is 11.6 Å². The Balaban J connectivity index is 2.54. The Morgan fingerprint density at radius 3 is 2.71 bits per heavy atom. The van der Waals surface area contributed by atoms with Crippen LogP contribution in [0.5, 0.6) is 11.5 Å². The third kappa shape index (κ3) is 1.78. The Labute approximate surface area is 97.7 Å². The Kier molecular flexibility index (Phi) is 2.86. The van der Waals surface area contributed by atoms with Crippen LogP contribution in [0.15, 0.2) is 17.1 Å². The number of phenolic OH excluding ortho intramolecular Hbond substituents is 1. The molecule has 0 unspecified atom stereocenters. The van der Waals surface area contributed by atoms with E-state index in [9.17, 15) is 14.3 Å². The van der Waals surface area contributed by atoms with Crippen LogP contribution in [0.3, 0.4) is 0 Å². The molecule has 0 radical (unpaired) electrons. The second-order valence-electron chi connectivity index (χ2n) is 4.09. The van der Waals surface area contributed by atoms with Crippen molar-refractivity contribution in [2.45, 2.75) is 24.8 Å². The van der Waals surface area contributed by atoms with Crippen LogP contribution in [0.25, 0.3) is 0 Å². The van der Waals surface area contributed by atoms with Gasteiger partial charge in [-0.1, -0.05) is 0 Å². The van der Waals surface area contributed by atoms with Crippen molar-refractivity contribution < 1.29 is 19.0 Å². The molecule has 1 saturated carbocycles. The summed E-state index contributed by atoms with van der Waals surface area (Å²) < 4.78 is 18.2. The maximum Gasteiger partial charge on any atom is 0.235 e. The first-order chi connectivity index (χ1) is 8.13. The lowest BCUT2D eigenvalue weighted by Gasteiger charge is -2.37. The molecule has 0 amide bonds. The van der Waals surface area contributed by atoms with E-state index in [0.717, 1.165) is 12.5 Å². The number of hydrogen-bond donors (Lipinski definition) is 1. The van der Waals surface area contributed by atoms with Gasteiger partial charge in [-0.15, -0.1) is 0 Å². The van der Waals surface area contributed by atoms with Crippen LogP contribution in [0, 0.1) is 5.82 Å². The van der Waals surface area contributed by atoms with Gasteiger partial charge in [-0.3, -0.25) is 0 Å². The molecule has 0 aromatic heterocycles. The van der Waals surface area contributed by atoms with Crippen molar-refractivity contribution in [2.75, 3.05) is 7.11 Å². The van der Waals surface area contributed by atoms with Gasteiger partial charge in [0.15, 0.2) is 11.6 Å². The molecule has 1 aromatic carbocycles. The van der Waals surface area contributed by atoms with Crippen molar-refractivity contribution in [3.05, 3.63) is 23.5 Å². The molecule has 0 atom stereocenters. The summed E-state index contributed by atoms with van der Waals surface area (Å²) in [5, 5.41) is 9.75. The van der Waals surface area contributed by atoms with Crippen LogP contribution < -0.4 is 4.74 Å². The normalized spacial score (nSPS) is 16.8. The van der Waals surface area contributed by atoms with E-state index in [1.807, 2.05) is 0 Å². The van der Waals surface area contributed by atoms with Crippen molar-refractivity contribution in [2.24, 2.45) is 4.99 Å². The Morgan fingerprint density at radius 2 is 2.24 bits per heavy atom. The minimum absolute atomic E-state index is 0.0326. The topological polar surface area (TPSA) is 58.9 Å². The third-order valence-electron chi connectivity index (χ3n) is 3.21. The highest BCUT2D eigenvalue weighted by Gasteiger charge is 2.41. The fourth-order valence-electron chi connectivity index (χ4n) is 2.11. The summed E-state index contributed by atoms with van der Waals surface area (Å²) in [6, 6.07) is 2.37. The lowest BCUT2D eigenvalue weighted by molar-refractivity contribution is 0.245. The number of hydrogen-bond acceptors (Lipinski definition) is 4. The van der Waals surface area contributed by atoms with Gasteiger partial charge in [0.1, 0.15) is 11.3 Å². The van der Waals surface area contributed by atoms with E-state index < -0.39 is 11.4 Å². The fourth-order valence-corrected chi connectivity index (χ4v) is 2.11. The minimum Gasteiger partial charge on any atom is -0.507 e. The van der Waals surface area contributed by atoms with Crippen LogP contribution >= 0.6 is 0 Å². The maximum absolute atomic E-state index is 13.3. The Hall–Kier alpha value is -1.87. The number of aromatic hydroxyl groups is 1. The molecular formula is C12H12FNO3. The van der Waals surface area contributed by atoms with Crippen molar-refractivity contribution in [3.8, 4) is 11.5 Å². The highest BCUT2D eigenvalue weighted by atomic mass is 19.1. The van der Waals surface area contributed by atoms with E-state index in [4.69, 9.17) is 4.74 Å². The van der Waals surface area contributed by atoms with Crippen LogP contribution in [0.1, 0.15) is 24.8 Å². The van der Waals surface area contributed by atoms with Crippen LogP contribution in [-0.4, -0.2) is 18.3 Å². The molecule has 17 heavy (non-hydrogen) atoms. The average Bonchev–Trinajstić information content (AvgIpc) is 2.24. The zero-order chi connectivity index (χ0) is 12.5. The zero-order valence-corrected chi connectivity index (χ0v) is 9.36. The van der Waals surface area contributed by atoms with E-state index in [1.54, 1.807) is 0 Å².